The molecule has 0 spiro atoms. The lowest BCUT2D eigenvalue weighted by Crippen LogP contribution is -2.40. The number of hydrogen-bond donors (Lipinski definition) is 0. The molecule has 1 aliphatic heterocycles. The number of benzene rings is 2. The summed E-state index contributed by atoms with van der Waals surface area (Å²) in [5.74, 6) is 1.41. The highest BCUT2D eigenvalue weighted by Crippen LogP contribution is 2.38. The summed E-state index contributed by atoms with van der Waals surface area (Å²) in [6, 6.07) is 13.2. The minimum Gasteiger partial charge on any atom is -0.497 e. The van der Waals surface area contributed by atoms with Crippen LogP contribution in [0.25, 0.3) is 17.4 Å². The largest absolute Gasteiger partial charge is 0.497 e. The molecule has 1 aliphatic rings. The van der Waals surface area contributed by atoms with Crippen molar-refractivity contribution < 1.29 is 23.4 Å². The van der Waals surface area contributed by atoms with Crippen molar-refractivity contribution in [2.45, 2.75) is 19.9 Å². The number of ether oxygens (including phenoxy) is 3. The highest BCUT2D eigenvalue weighted by atomic mass is 35.5. The molecule has 8 nitrogen and oxygen atoms in total. The molecule has 2 aromatic heterocycles. The second-order valence-electron chi connectivity index (χ2n) is 8.71. The first-order chi connectivity index (χ1) is 19.3. The van der Waals surface area contributed by atoms with Crippen molar-refractivity contribution in [3.8, 4) is 22.8 Å². The molecule has 206 valence electrons. The van der Waals surface area contributed by atoms with Crippen molar-refractivity contribution >= 4 is 46.6 Å². The van der Waals surface area contributed by atoms with Crippen LogP contribution in [0, 0.1) is 0 Å². The molecule has 0 saturated carbocycles. The normalized spacial score (nSPS) is 15.1. The van der Waals surface area contributed by atoms with E-state index in [0.29, 0.717) is 59.2 Å². The van der Waals surface area contributed by atoms with E-state index in [2.05, 4.69) is 4.99 Å². The molecule has 0 fully saturated rings. The molecule has 0 N–H and O–H groups in total. The molecule has 4 aromatic rings. The molecule has 11 heteroatoms. The van der Waals surface area contributed by atoms with Gasteiger partial charge in [0.15, 0.2) is 4.80 Å². The molecule has 0 radical (unpaired) electrons. The third-order valence-corrected chi connectivity index (χ3v) is 8.17. The maximum absolute atomic E-state index is 13.9. The molecule has 0 saturated heterocycles. The predicted octanol–water partition coefficient (Wildman–Crippen LogP) is 5.38. The molecule has 1 atom stereocenters. The lowest BCUT2D eigenvalue weighted by Gasteiger charge is -2.26. The molecule has 2 aromatic carbocycles. The first kappa shape index (κ1) is 27.8. The third-order valence-electron chi connectivity index (χ3n) is 6.37. The van der Waals surface area contributed by atoms with E-state index in [0.717, 1.165) is 0 Å². The van der Waals surface area contributed by atoms with Gasteiger partial charge in [-0.25, -0.2) is 9.79 Å². The Bertz CT molecular complexity index is 1840. The van der Waals surface area contributed by atoms with Gasteiger partial charge in [0, 0.05) is 23.3 Å². The van der Waals surface area contributed by atoms with Crippen LogP contribution in [0.1, 0.15) is 31.2 Å². The Balaban J connectivity index is 1.68. The maximum atomic E-state index is 13.9. The predicted molar refractivity (Wildman–Crippen MR) is 154 cm³/mol. The van der Waals surface area contributed by atoms with Crippen molar-refractivity contribution in [2.75, 3.05) is 20.8 Å². The number of rotatable bonds is 7. The zero-order valence-corrected chi connectivity index (χ0v) is 24.3. The van der Waals surface area contributed by atoms with Gasteiger partial charge in [0.1, 0.15) is 29.1 Å². The van der Waals surface area contributed by atoms with Crippen LogP contribution >= 0.6 is 34.5 Å². The molecule has 1 unspecified atom stereocenters. The average Bonchev–Trinajstić information content (AvgIpc) is 3.53. The zero-order valence-electron chi connectivity index (χ0n) is 22.0. The fourth-order valence-electron chi connectivity index (χ4n) is 4.53. The van der Waals surface area contributed by atoms with Gasteiger partial charge in [-0.1, -0.05) is 40.6 Å². The number of fused-ring (bicyclic) bond motifs is 1. The first-order valence-electron chi connectivity index (χ1n) is 12.2. The van der Waals surface area contributed by atoms with E-state index >= 15 is 0 Å². The van der Waals surface area contributed by atoms with Gasteiger partial charge < -0.3 is 18.6 Å². The molecular formula is C29H24Cl2N2O6S. The number of hydrogen-bond acceptors (Lipinski definition) is 8. The van der Waals surface area contributed by atoms with Crippen LogP contribution in [0.3, 0.4) is 0 Å². The van der Waals surface area contributed by atoms with Crippen LogP contribution in [-0.2, 0) is 9.53 Å². The van der Waals surface area contributed by atoms with E-state index in [1.54, 1.807) is 75.6 Å². The third kappa shape index (κ3) is 4.96. The van der Waals surface area contributed by atoms with Gasteiger partial charge in [-0.15, -0.1) is 0 Å². The molecule has 0 amide bonds. The summed E-state index contributed by atoms with van der Waals surface area (Å²) in [5, 5.41) is 0.784. The van der Waals surface area contributed by atoms with Gasteiger partial charge in [-0.2, -0.15) is 0 Å². The summed E-state index contributed by atoms with van der Waals surface area (Å²) in [5.41, 5.74) is 1.57. The van der Waals surface area contributed by atoms with Gasteiger partial charge in [0.2, 0.25) is 0 Å². The van der Waals surface area contributed by atoms with Crippen molar-refractivity contribution in [1.29, 1.82) is 0 Å². The Morgan fingerprint density at radius 3 is 2.67 bits per heavy atom. The zero-order chi connectivity index (χ0) is 28.6. The van der Waals surface area contributed by atoms with Gasteiger partial charge in [-0.3, -0.25) is 9.36 Å². The Kier molecular flexibility index (Phi) is 7.89. The Morgan fingerprint density at radius 1 is 1.15 bits per heavy atom. The number of thiazole rings is 1. The Hall–Kier alpha value is -3.79. The number of aromatic nitrogens is 1. The van der Waals surface area contributed by atoms with Crippen LogP contribution in [0.2, 0.25) is 10.0 Å². The number of allylic oxidation sites excluding steroid dienone is 1. The average molecular weight is 599 g/mol. The lowest BCUT2D eigenvalue weighted by molar-refractivity contribution is -0.139. The topological polar surface area (TPSA) is 92.3 Å². The van der Waals surface area contributed by atoms with Crippen LogP contribution < -0.4 is 24.4 Å². The van der Waals surface area contributed by atoms with Crippen LogP contribution in [0.4, 0.5) is 0 Å². The summed E-state index contributed by atoms with van der Waals surface area (Å²) >= 11 is 13.7. The number of carbonyl (C=O) groups is 1. The molecule has 40 heavy (non-hydrogen) atoms. The van der Waals surface area contributed by atoms with Crippen LogP contribution in [-0.4, -0.2) is 31.4 Å². The maximum Gasteiger partial charge on any atom is 0.338 e. The second-order valence-corrected chi connectivity index (χ2v) is 10.5. The van der Waals surface area contributed by atoms with Crippen molar-refractivity contribution in [3.05, 3.63) is 101 Å². The minimum atomic E-state index is -0.837. The van der Waals surface area contributed by atoms with Gasteiger partial charge in [-0.05, 0) is 50.2 Å². The monoisotopic (exact) mass is 598 g/mol. The SMILES string of the molecule is CCOC(=O)C1=C(C)N=c2s/c(=C\c3ccc(-c4cccc(Cl)c4Cl)o3)c(=O)n2C1c1ccc(OC)cc1OC. The summed E-state index contributed by atoms with van der Waals surface area (Å²) in [4.78, 5) is 32.1. The van der Waals surface area contributed by atoms with Gasteiger partial charge >= 0.3 is 5.97 Å². The van der Waals surface area contributed by atoms with E-state index in [-0.39, 0.29) is 17.7 Å². The summed E-state index contributed by atoms with van der Waals surface area (Å²) in [6.07, 6.45) is 1.64. The fraction of sp³-hybridized carbons (Fsp3) is 0.207. The standard InChI is InChI=1S/C29H24Cl2N2O6S/c1-5-38-28(35)24-15(2)32-29-33(26(24)19-11-9-16(36-3)13-22(19)37-4)27(34)23(40-29)14-17-10-12-21(39-17)18-7-6-8-20(30)25(18)31/h6-14,26H,5H2,1-4H3/b23-14-. The number of nitrogens with zero attached hydrogens (tertiary/aromatic N) is 2. The van der Waals surface area contributed by atoms with Crippen molar-refractivity contribution in [3.63, 3.8) is 0 Å². The molecular weight excluding hydrogens is 575 g/mol. The lowest BCUT2D eigenvalue weighted by atomic mass is 9.95. The van der Waals surface area contributed by atoms with Crippen LogP contribution in [0.5, 0.6) is 11.5 Å². The van der Waals surface area contributed by atoms with Crippen molar-refractivity contribution in [2.24, 2.45) is 4.99 Å². The summed E-state index contributed by atoms with van der Waals surface area (Å²) in [6.45, 7) is 3.62. The van der Waals surface area contributed by atoms with E-state index < -0.39 is 12.0 Å². The number of halogens is 2. The molecule has 0 bridgehead atoms. The van der Waals surface area contributed by atoms with E-state index in [4.69, 9.17) is 41.8 Å². The van der Waals surface area contributed by atoms with Gasteiger partial charge in [0.05, 0.1) is 46.7 Å². The number of esters is 1. The minimum absolute atomic E-state index is 0.171. The molecule has 5 rings (SSSR count). The number of methoxy groups -OCH3 is 2. The van der Waals surface area contributed by atoms with Crippen LogP contribution in [0.15, 0.2) is 74.0 Å². The number of carbonyl (C=O) groups excluding carboxylic acids is 1. The summed E-state index contributed by atoms with van der Waals surface area (Å²) in [7, 11) is 3.06. The highest BCUT2D eigenvalue weighted by molar-refractivity contribution is 7.07. The Morgan fingerprint density at radius 2 is 1.95 bits per heavy atom. The van der Waals surface area contributed by atoms with E-state index in [1.165, 1.54) is 23.0 Å². The van der Waals surface area contributed by atoms with E-state index in [1.807, 2.05) is 0 Å². The number of furan rings is 1. The smallest absolute Gasteiger partial charge is 0.338 e. The molecule has 0 aliphatic carbocycles. The summed E-state index contributed by atoms with van der Waals surface area (Å²) < 4.78 is 24.2. The van der Waals surface area contributed by atoms with E-state index in [9.17, 15) is 9.59 Å². The Labute approximate surface area is 243 Å². The highest BCUT2D eigenvalue weighted by Gasteiger charge is 2.35. The quantitative estimate of drug-likeness (QED) is 0.265. The molecule has 3 heterocycles. The van der Waals surface area contributed by atoms with Gasteiger partial charge in [0.25, 0.3) is 5.56 Å². The fourth-order valence-corrected chi connectivity index (χ4v) is 5.95. The first-order valence-corrected chi connectivity index (χ1v) is 13.8. The van der Waals surface area contributed by atoms with Crippen molar-refractivity contribution in [1.82, 2.24) is 4.57 Å². The second kappa shape index (κ2) is 11.4.